The lowest BCUT2D eigenvalue weighted by molar-refractivity contribution is 0.587. The summed E-state index contributed by atoms with van der Waals surface area (Å²) < 4.78 is 0. The fourth-order valence-electron chi connectivity index (χ4n) is 11.7. The van der Waals surface area contributed by atoms with Gasteiger partial charge in [0.15, 0.2) is 0 Å². The van der Waals surface area contributed by atoms with Gasteiger partial charge in [-0.2, -0.15) is 0 Å². The molecule has 0 bridgehead atoms. The van der Waals surface area contributed by atoms with Crippen LogP contribution in [0.3, 0.4) is 0 Å². The van der Waals surface area contributed by atoms with E-state index in [0.717, 1.165) is 77.0 Å². The Labute approximate surface area is 442 Å². The Morgan fingerprint density at radius 1 is 0.342 bits per heavy atom. The first kappa shape index (κ1) is 52.1. The van der Waals surface area contributed by atoms with Crippen molar-refractivity contribution in [1.29, 1.82) is 0 Å². The molecule has 2 heterocycles. The second kappa shape index (κ2) is 21.2. The monoisotopic (exact) mass is 965 g/mol. The van der Waals surface area contributed by atoms with Crippen molar-refractivity contribution in [3.8, 4) is 22.3 Å². The maximum absolute atomic E-state index is 2.81. The number of rotatable bonds is 16. The van der Waals surface area contributed by atoms with Gasteiger partial charge in [-0.05, 0) is 169 Å². The van der Waals surface area contributed by atoms with Gasteiger partial charge in [0.1, 0.15) is 0 Å². The molecule has 2 nitrogen and oxygen atoms in total. The van der Waals surface area contributed by atoms with Crippen molar-refractivity contribution < 1.29 is 0 Å². The van der Waals surface area contributed by atoms with E-state index in [2.05, 4.69) is 233 Å². The first-order valence-corrected chi connectivity index (χ1v) is 28.5. The Hall–Kier alpha value is -5.80. The lowest BCUT2D eigenvalue weighted by Crippen LogP contribution is -2.61. The van der Waals surface area contributed by atoms with E-state index in [4.69, 9.17) is 0 Å². The molecular weight excluding hydrogens is 880 g/mol. The van der Waals surface area contributed by atoms with Crippen molar-refractivity contribution in [1.82, 2.24) is 0 Å². The van der Waals surface area contributed by atoms with Gasteiger partial charge in [0, 0.05) is 22.7 Å². The van der Waals surface area contributed by atoms with Crippen molar-refractivity contribution in [3.05, 3.63) is 172 Å². The molecule has 0 unspecified atom stereocenters. The minimum atomic E-state index is -0.119. The van der Waals surface area contributed by atoms with E-state index in [1.54, 1.807) is 0 Å². The lowest BCUT2D eigenvalue weighted by Gasteiger charge is -2.47. The van der Waals surface area contributed by atoms with Crippen LogP contribution in [0.5, 0.6) is 0 Å². The summed E-state index contributed by atoms with van der Waals surface area (Å²) in [6.45, 7) is 31.1. The zero-order valence-corrected chi connectivity index (χ0v) is 47.2. The minimum absolute atomic E-state index is 0.0112. The first-order chi connectivity index (χ1) is 35.0. The highest BCUT2D eigenvalue weighted by Gasteiger charge is 2.46. The van der Waals surface area contributed by atoms with Gasteiger partial charge in [-0.25, -0.2) is 0 Å². The van der Waals surface area contributed by atoms with Gasteiger partial charge in [0.05, 0.1) is 11.4 Å². The van der Waals surface area contributed by atoms with Crippen LogP contribution >= 0.6 is 0 Å². The van der Waals surface area contributed by atoms with Crippen molar-refractivity contribution in [2.24, 2.45) is 0 Å². The van der Waals surface area contributed by atoms with Gasteiger partial charge < -0.3 is 9.80 Å². The zero-order valence-electron chi connectivity index (χ0n) is 47.2. The second-order valence-corrected chi connectivity index (χ2v) is 24.8. The second-order valence-electron chi connectivity index (χ2n) is 24.8. The maximum atomic E-state index is 2.81. The standard InChI is InChI=1S/C70H85BN2/c1-14-18-28-52-40-56(68(5,6)7)41-53(29-19-15-2)66(52)72-61-38-36-50(48-32-24-22-25-33-48)44-59(61)71-60-45-51(49-34-26-23-27-35-49)37-39-62(60)73(64-47-58(70(11,12)13)46-63(72)65(64)71)67-54(30-20-16-3)42-57(69(8,9)10)43-55(67)31-21-17-4/h22-27,32-47H,14-21,28-31H2,1-13H3. The normalized spacial score (nSPS) is 13.3. The van der Waals surface area contributed by atoms with Gasteiger partial charge >= 0.3 is 0 Å². The van der Waals surface area contributed by atoms with Crippen LogP contribution in [0, 0.1) is 0 Å². The number of unbranched alkanes of at least 4 members (excludes halogenated alkanes) is 4. The number of aryl methyl sites for hydroxylation is 4. The summed E-state index contributed by atoms with van der Waals surface area (Å²) >= 11 is 0. The number of fused-ring (bicyclic) bond motifs is 4. The summed E-state index contributed by atoms with van der Waals surface area (Å²) in [7, 11) is 0. The maximum Gasteiger partial charge on any atom is 0.252 e. The third kappa shape index (κ3) is 10.4. The molecule has 0 aliphatic carbocycles. The van der Waals surface area contributed by atoms with Gasteiger partial charge in [0.25, 0.3) is 6.71 Å². The number of hydrogen-bond donors (Lipinski definition) is 0. The van der Waals surface area contributed by atoms with Crippen LogP contribution in [0.4, 0.5) is 34.1 Å². The summed E-state index contributed by atoms with van der Waals surface area (Å²) in [5, 5.41) is 0. The van der Waals surface area contributed by atoms with Crippen molar-refractivity contribution in [2.75, 3.05) is 9.80 Å². The minimum Gasteiger partial charge on any atom is -0.311 e. The third-order valence-corrected chi connectivity index (χ3v) is 16.1. The van der Waals surface area contributed by atoms with Crippen LogP contribution in [-0.2, 0) is 41.9 Å². The highest BCUT2D eigenvalue weighted by Crippen LogP contribution is 2.51. The molecule has 7 aromatic rings. The lowest BCUT2D eigenvalue weighted by atomic mass is 9.33. The number of nitrogens with zero attached hydrogens (tertiary/aromatic N) is 2. The van der Waals surface area contributed by atoms with Gasteiger partial charge in [0.2, 0.25) is 0 Å². The van der Waals surface area contributed by atoms with E-state index in [0.29, 0.717) is 0 Å². The van der Waals surface area contributed by atoms with Gasteiger partial charge in [-0.1, -0.05) is 225 Å². The smallest absolute Gasteiger partial charge is 0.252 e. The van der Waals surface area contributed by atoms with E-state index in [1.165, 1.54) is 112 Å². The van der Waals surface area contributed by atoms with Gasteiger partial charge in [-0.3, -0.25) is 0 Å². The molecule has 378 valence electrons. The van der Waals surface area contributed by atoms with Crippen LogP contribution in [0.2, 0.25) is 0 Å². The molecule has 7 aromatic carbocycles. The molecule has 73 heavy (non-hydrogen) atoms. The average Bonchev–Trinajstić information content (AvgIpc) is 3.37. The van der Waals surface area contributed by atoms with Crippen molar-refractivity contribution >= 4 is 57.2 Å². The van der Waals surface area contributed by atoms with Crippen molar-refractivity contribution in [3.63, 3.8) is 0 Å². The Balaban J connectivity index is 1.48. The molecule has 0 fully saturated rings. The van der Waals surface area contributed by atoms with E-state index in [1.807, 2.05) is 0 Å². The summed E-state index contributed by atoms with van der Waals surface area (Å²) in [5.41, 5.74) is 27.4. The molecule has 2 aliphatic heterocycles. The SMILES string of the molecule is CCCCc1cc(C(C)(C)C)cc(CCCC)c1N1c2ccc(-c3ccccc3)cc2B2c3cc(-c4ccccc4)ccc3N(c3c(CCCC)cc(C(C)(C)C)cc3CCCC)c3cc(C(C)(C)C)cc1c32. The van der Waals surface area contributed by atoms with Crippen molar-refractivity contribution in [2.45, 2.75) is 183 Å². The molecule has 2 aliphatic rings. The van der Waals surface area contributed by atoms with Gasteiger partial charge in [-0.15, -0.1) is 0 Å². The molecule has 9 rings (SSSR count). The van der Waals surface area contributed by atoms with E-state index in [9.17, 15) is 0 Å². The topological polar surface area (TPSA) is 6.48 Å². The summed E-state index contributed by atoms with van der Waals surface area (Å²) in [6.07, 6.45) is 13.4. The molecule has 3 heteroatoms. The predicted molar refractivity (Wildman–Crippen MR) is 322 cm³/mol. The van der Waals surface area contributed by atoms with Crippen LogP contribution in [-0.4, -0.2) is 6.71 Å². The van der Waals surface area contributed by atoms with Crippen LogP contribution in [0.25, 0.3) is 22.3 Å². The van der Waals surface area contributed by atoms with Crippen LogP contribution in [0.15, 0.2) is 133 Å². The molecule has 0 atom stereocenters. The zero-order chi connectivity index (χ0) is 51.8. The highest BCUT2D eigenvalue weighted by molar-refractivity contribution is 7.00. The number of benzene rings is 7. The predicted octanol–water partition coefficient (Wildman–Crippen LogP) is 18.4. The number of anilines is 6. The Kier molecular flexibility index (Phi) is 15.1. The molecule has 0 radical (unpaired) electrons. The molecule has 0 saturated heterocycles. The summed E-state index contributed by atoms with van der Waals surface area (Å²) in [5.74, 6) is 0. The molecular formula is C70H85BN2. The summed E-state index contributed by atoms with van der Waals surface area (Å²) in [6, 6.07) is 52.9. The van der Waals surface area contributed by atoms with E-state index < -0.39 is 0 Å². The first-order valence-electron chi connectivity index (χ1n) is 28.5. The van der Waals surface area contributed by atoms with E-state index in [-0.39, 0.29) is 23.0 Å². The largest absolute Gasteiger partial charge is 0.311 e. The average molecular weight is 965 g/mol. The molecule has 0 N–H and O–H groups in total. The number of hydrogen-bond acceptors (Lipinski definition) is 2. The summed E-state index contributed by atoms with van der Waals surface area (Å²) in [4.78, 5) is 5.61. The van der Waals surface area contributed by atoms with Crippen LogP contribution < -0.4 is 26.2 Å². The van der Waals surface area contributed by atoms with Crippen LogP contribution in [0.1, 0.15) is 180 Å². The fraction of sp³-hybridized carbons (Fsp3) is 0.400. The Bertz CT molecular complexity index is 2810. The highest BCUT2D eigenvalue weighted by atomic mass is 15.2. The quantitative estimate of drug-likeness (QED) is 0.0891. The molecule has 0 spiro atoms. The molecule has 0 aromatic heterocycles. The fourth-order valence-corrected chi connectivity index (χ4v) is 11.7. The third-order valence-electron chi connectivity index (χ3n) is 16.1. The van der Waals surface area contributed by atoms with E-state index >= 15 is 0 Å². The molecule has 0 saturated carbocycles. The molecule has 0 amide bonds. The Morgan fingerprint density at radius 3 is 0.959 bits per heavy atom. The Morgan fingerprint density at radius 2 is 0.658 bits per heavy atom.